The van der Waals surface area contributed by atoms with Gasteiger partial charge in [-0.05, 0) is 69.1 Å². The molecule has 3 aromatic carbocycles. The molecule has 0 aliphatic carbocycles. The standard InChI is InChI=1S/C40H42FN5O5S/c1-40(2,3)51-39(49)45-22-20-44(21-23-45)19-9-5-8-13-29-14-10-15-30-26-46(37(48)34(29)30)35(36(47)43-38-42-18-24-52-38)32-25-31(41)16-17-33(32)50-27-28-11-6-4-7-12-28/h4,6-7,10-12,14-18,24-25,35H,5,9,19-23,26-27H2,1-3H3,(H,42,43,47)/t35-/m1/s1. The molecule has 6 rings (SSSR count). The smallest absolute Gasteiger partial charge is 0.410 e. The average Bonchev–Trinajstić information content (AvgIpc) is 3.75. The molecule has 1 N–H and O–H groups in total. The van der Waals surface area contributed by atoms with Gasteiger partial charge >= 0.3 is 6.09 Å². The fourth-order valence-corrected chi connectivity index (χ4v) is 6.77. The lowest BCUT2D eigenvalue weighted by molar-refractivity contribution is -0.120. The molecule has 0 bridgehead atoms. The van der Waals surface area contributed by atoms with Crippen LogP contribution < -0.4 is 10.1 Å². The van der Waals surface area contributed by atoms with Crippen molar-refractivity contribution in [2.24, 2.45) is 0 Å². The van der Waals surface area contributed by atoms with Crippen LogP contribution in [0.4, 0.5) is 14.3 Å². The maximum atomic E-state index is 14.9. The minimum atomic E-state index is -1.22. The van der Waals surface area contributed by atoms with Crippen molar-refractivity contribution in [3.63, 3.8) is 0 Å². The number of anilines is 1. The van der Waals surface area contributed by atoms with Crippen LogP contribution in [0.25, 0.3) is 0 Å². The molecule has 1 saturated heterocycles. The zero-order valence-electron chi connectivity index (χ0n) is 29.6. The Labute approximate surface area is 307 Å². The van der Waals surface area contributed by atoms with Crippen LogP contribution in [-0.2, 0) is 22.7 Å². The fraction of sp³-hybridized carbons (Fsp3) is 0.350. The number of thiazole rings is 1. The molecule has 4 aromatic rings. The average molecular weight is 724 g/mol. The Kier molecular flexibility index (Phi) is 11.5. The Hall–Kier alpha value is -5.25. The molecule has 52 heavy (non-hydrogen) atoms. The minimum absolute atomic E-state index is 0.129. The summed E-state index contributed by atoms with van der Waals surface area (Å²) in [6, 6.07) is 17.8. The first-order chi connectivity index (χ1) is 25.1. The Morgan fingerprint density at radius 1 is 1.04 bits per heavy atom. The molecule has 12 heteroatoms. The van der Waals surface area contributed by atoms with E-state index in [4.69, 9.17) is 9.47 Å². The molecule has 0 unspecified atom stereocenters. The van der Waals surface area contributed by atoms with Gasteiger partial charge in [0.1, 0.15) is 29.8 Å². The second-order valence-electron chi connectivity index (χ2n) is 13.7. The molecule has 2 aliphatic heterocycles. The molecule has 0 spiro atoms. The number of benzene rings is 3. The van der Waals surface area contributed by atoms with Crippen LogP contribution in [0.5, 0.6) is 5.75 Å². The number of aromatic nitrogens is 1. The normalized spacial score (nSPS) is 15.0. The molecule has 1 atom stereocenters. The summed E-state index contributed by atoms with van der Waals surface area (Å²) in [7, 11) is 0. The number of carbonyl (C=O) groups excluding carboxylic acids is 3. The van der Waals surface area contributed by atoms with Gasteiger partial charge in [0.15, 0.2) is 5.13 Å². The number of carbonyl (C=O) groups is 3. The molecule has 0 radical (unpaired) electrons. The van der Waals surface area contributed by atoms with Crippen molar-refractivity contribution in [2.75, 3.05) is 38.0 Å². The predicted molar refractivity (Wildman–Crippen MR) is 197 cm³/mol. The quantitative estimate of drug-likeness (QED) is 0.141. The number of hydrogen-bond donors (Lipinski definition) is 1. The van der Waals surface area contributed by atoms with E-state index in [0.29, 0.717) is 41.5 Å². The molecule has 3 heterocycles. The summed E-state index contributed by atoms with van der Waals surface area (Å²) >= 11 is 1.24. The Balaban J connectivity index is 1.15. The van der Waals surface area contributed by atoms with Crippen molar-refractivity contribution >= 4 is 34.4 Å². The lowest BCUT2D eigenvalue weighted by atomic mass is 10.0. The van der Waals surface area contributed by atoms with Crippen molar-refractivity contribution in [1.82, 2.24) is 19.7 Å². The van der Waals surface area contributed by atoms with Gasteiger partial charge in [0.05, 0.1) is 5.56 Å². The minimum Gasteiger partial charge on any atom is -0.489 e. The Bertz CT molecular complexity index is 1950. The first kappa shape index (κ1) is 36.5. The van der Waals surface area contributed by atoms with E-state index in [1.807, 2.05) is 69.3 Å². The summed E-state index contributed by atoms with van der Waals surface area (Å²) in [6.45, 7) is 9.53. The molecular weight excluding hydrogens is 682 g/mol. The zero-order valence-corrected chi connectivity index (χ0v) is 30.4. The van der Waals surface area contributed by atoms with E-state index in [2.05, 4.69) is 27.0 Å². The van der Waals surface area contributed by atoms with E-state index in [9.17, 15) is 18.8 Å². The van der Waals surface area contributed by atoms with Crippen molar-refractivity contribution in [1.29, 1.82) is 0 Å². The third kappa shape index (κ3) is 9.15. The summed E-state index contributed by atoms with van der Waals surface area (Å²) in [5.41, 5.74) is 2.35. The molecule has 0 saturated carbocycles. The van der Waals surface area contributed by atoms with Crippen molar-refractivity contribution in [2.45, 2.75) is 58.4 Å². The molecule has 1 fully saturated rings. The predicted octanol–water partition coefficient (Wildman–Crippen LogP) is 6.88. The number of piperazine rings is 1. The third-order valence-corrected chi connectivity index (χ3v) is 9.40. The van der Waals surface area contributed by atoms with E-state index < -0.39 is 23.4 Å². The highest BCUT2D eigenvalue weighted by molar-refractivity contribution is 7.13. The highest BCUT2D eigenvalue weighted by Crippen LogP contribution is 2.38. The molecule has 3 amide bonds. The fourth-order valence-electron chi connectivity index (χ4n) is 6.23. The van der Waals surface area contributed by atoms with Gasteiger partial charge in [-0.2, -0.15) is 0 Å². The number of fused-ring (bicyclic) bond motifs is 1. The van der Waals surface area contributed by atoms with Gasteiger partial charge in [0.25, 0.3) is 11.8 Å². The maximum absolute atomic E-state index is 14.9. The summed E-state index contributed by atoms with van der Waals surface area (Å²) in [6.07, 6.45) is 2.75. The highest BCUT2D eigenvalue weighted by Gasteiger charge is 2.40. The van der Waals surface area contributed by atoms with Crippen LogP contribution in [0.2, 0.25) is 0 Å². The first-order valence-electron chi connectivity index (χ1n) is 17.3. The number of ether oxygens (including phenoxy) is 2. The van der Waals surface area contributed by atoms with Gasteiger partial charge in [0, 0.05) is 61.8 Å². The highest BCUT2D eigenvalue weighted by atomic mass is 32.1. The van der Waals surface area contributed by atoms with Crippen LogP contribution in [0.1, 0.15) is 72.3 Å². The van der Waals surface area contributed by atoms with Gasteiger partial charge in [-0.3, -0.25) is 19.8 Å². The number of halogens is 1. The number of nitrogens with one attached hydrogen (secondary N) is 1. The Morgan fingerprint density at radius 3 is 2.56 bits per heavy atom. The lowest BCUT2D eigenvalue weighted by Crippen LogP contribution is -2.50. The summed E-state index contributed by atoms with van der Waals surface area (Å²) in [4.78, 5) is 50.3. The van der Waals surface area contributed by atoms with Gasteiger partial charge < -0.3 is 19.3 Å². The van der Waals surface area contributed by atoms with E-state index in [1.165, 1.54) is 34.4 Å². The van der Waals surface area contributed by atoms with Crippen LogP contribution in [0.3, 0.4) is 0 Å². The summed E-state index contributed by atoms with van der Waals surface area (Å²) < 4.78 is 26.5. The first-order valence-corrected chi connectivity index (χ1v) is 18.2. The molecule has 2 aliphatic rings. The summed E-state index contributed by atoms with van der Waals surface area (Å²) in [5, 5.41) is 4.90. The monoisotopic (exact) mass is 723 g/mol. The van der Waals surface area contributed by atoms with E-state index in [0.717, 1.165) is 37.2 Å². The van der Waals surface area contributed by atoms with Gasteiger partial charge in [-0.1, -0.05) is 54.3 Å². The van der Waals surface area contributed by atoms with Gasteiger partial charge in [-0.15, -0.1) is 11.3 Å². The number of hydrogen-bond acceptors (Lipinski definition) is 8. The van der Waals surface area contributed by atoms with E-state index >= 15 is 0 Å². The second-order valence-corrected chi connectivity index (χ2v) is 14.6. The molecule has 1 aromatic heterocycles. The maximum Gasteiger partial charge on any atom is 0.410 e. The van der Waals surface area contributed by atoms with Crippen LogP contribution in [-0.4, -0.2) is 75.9 Å². The van der Waals surface area contributed by atoms with Crippen molar-refractivity contribution in [3.8, 4) is 17.6 Å². The SMILES string of the molecule is CC(C)(C)OC(=O)N1CCN(CCCC#Cc2cccc3c2C(=O)N([C@@H](C(=O)Nc2nccs2)c2cc(F)ccc2OCc2ccccc2)C3)CC1. The van der Waals surface area contributed by atoms with Crippen molar-refractivity contribution in [3.05, 3.63) is 112 Å². The lowest BCUT2D eigenvalue weighted by Gasteiger charge is -2.35. The number of nitrogens with zero attached hydrogens (tertiary/aromatic N) is 4. The number of rotatable bonds is 10. The number of unbranched alkanes of at least 4 members (excludes halogenated alkanes) is 1. The zero-order chi connectivity index (χ0) is 36.7. The van der Waals surface area contributed by atoms with Crippen LogP contribution in [0, 0.1) is 17.7 Å². The van der Waals surface area contributed by atoms with Gasteiger partial charge in [-0.25, -0.2) is 14.2 Å². The number of amides is 3. The van der Waals surface area contributed by atoms with Gasteiger partial charge in [0.2, 0.25) is 0 Å². The van der Waals surface area contributed by atoms with E-state index in [-0.39, 0.29) is 30.7 Å². The van der Waals surface area contributed by atoms with Crippen LogP contribution in [0.15, 0.2) is 78.3 Å². The van der Waals surface area contributed by atoms with E-state index in [1.54, 1.807) is 16.5 Å². The summed E-state index contributed by atoms with van der Waals surface area (Å²) in [5.74, 6) is 5.26. The molecule has 270 valence electrons. The van der Waals surface area contributed by atoms with Crippen molar-refractivity contribution < 1.29 is 28.2 Å². The topological polar surface area (TPSA) is 104 Å². The second kappa shape index (κ2) is 16.4. The largest absolute Gasteiger partial charge is 0.489 e. The Morgan fingerprint density at radius 2 is 1.83 bits per heavy atom. The molecule has 10 nitrogen and oxygen atoms in total. The third-order valence-electron chi connectivity index (χ3n) is 8.72. The van der Waals surface area contributed by atoms with Crippen LogP contribution >= 0.6 is 11.3 Å². The molecular formula is C40H42FN5O5S.